The van der Waals surface area contributed by atoms with Crippen LogP contribution in [0.25, 0.3) is 0 Å². The van der Waals surface area contributed by atoms with E-state index in [1.807, 2.05) is 0 Å². The number of rotatable bonds is 8. The number of methoxy groups -OCH3 is 1. The fourth-order valence-electron chi connectivity index (χ4n) is 2.47. The number of carbonyl (C=O) groups excluding carboxylic acids is 1. The fourth-order valence-corrected chi connectivity index (χ4v) is 2.47. The Kier molecular flexibility index (Phi) is 6.85. The average Bonchev–Trinajstić information content (AvgIpc) is 2.67. The Morgan fingerprint density at radius 2 is 2.14 bits per heavy atom. The summed E-state index contributed by atoms with van der Waals surface area (Å²) in [6.07, 6.45) is 2.79. The van der Waals surface area contributed by atoms with E-state index < -0.39 is 16.4 Å². The molecule has 0 aliphatic carbocycles. The molecule has 2 rings (SSSR count). The molecule has 1 heterocycles. The molecule has 0 aliphatic heterocycles. The summed E-state index contributed by atoms with van der Waals surface area (Å²) in [4.78, 5) is 35.0. The van der Waals surface area contributed by atoms with Crippen LogP contribution in [0.5, 0.6) is 11.5 Å². The number of ether oxygens (including phenoxy) is 2. The van der Waals surface area contributed by atoms with Crippen LogP contribution in [-0.2, 0) is 6.54 Å². The lowest BCUT2D eigenvalue weighted by atomic mass is 10.2. The Morgan fingerprint density at radius 1 is 1.39 bits per heavy atom. The Bertz CT molecular complexity index is 967. The maximum Gasteiger partial charge on any atom is 0.315 e. The van der Waals surface area contributed by atoms with Crippen molar-refractivity contribution in [3.63, 3.8) is 0 Å². The summed E-state index contributed by atoms with van der Waals surface area (Å²) in [6.45, 7) is 4.23. The number of aryl methyl sites for hydroxylation is 1. The largest absolute Gasteiger partial charge is 0.490 e. The third-order valence-electron chi connectivity index (χ3n) is 3.74. The number of pyridine rings is 1. The van der Waals surface area contributed by atoms with E-state index in [4.69, 9.17) is 9.47 Å². The van der Waals surface area contributed by atoms with Gasteiger partial charge in [0.05, 0.1) is 24.9 Å². The van der Waals surface area contributed by atoms with Gasteiger partial charge in [0.2, 0.25) is 5.75 Å². The van der Waals surface area contributed by atoms with Crippen LogP contribution >= 0.6 is 0 Å². The lowest BCUT2D eigenvalue weighted by Crippen LogP contribution is -2.30. The minimum absolute atomic E-state index is 0.00237. The Labute approximate surface area is 160 Å². The lowest BCUT2D eigenvalue weighted by Gasteiger charge is -2.10. The molecular formula is C18H20N4O6. The zero-order valence-corrected chi connectivity index (χ0v) is 15.7. The third kappa shape index (κ3) is 4.53. The van der Waals surface area contributed by atoms with Gasteiger partial charge in [-0.05, 0) is 32.0 Å². The molecular weight excluding hydrogens is 368 g/mol. The molecule has 0 unspecified atom stereocenters. The van der Waals surface area contributed by atoms with Crippen molar-refractivity contribution in [1.29, 1.82) is 0 Å². The van der Waals surface area contributed by atoms with E-state index >= 15 is 0 Å². The standard InChI is InChI=1S/C18H20N4O6/c1-4-21-8-6-7-13(18(21)24)17(23)20-19-11-12-9-14(22(25)26)16(27-3)15(10-12)28-5-2/h6-11H,4-5H2,1-3H3,(H,20,23)/b19-11-. The monoisotopic (exact) mass is 388 g/mol. The van der Waals surface area contributed by atoms with Crippen LogP contribution in [0.4, 0.5) is 5.69 Å². The lowest BCUT2D eigenvalue weighted by molar-refractivity contribution is -0.385. The molecule has 1 N–H and O–H groups in total. The molecule has 0 fully saturated rings. The highest BCUT2D eigenvalue weighted by Gasteiger charge is 2.21. The average molecular weight is 388 g/mol. The molecule has 10 nitrogen and oxygen atoms in total. The number of benzene rings is 1. The second kappa shape index (κ2) is 9.31. The molecule has 0 radical (unpaired) electrons. The highest BCUT2D eigenvalue weighted by Crippen LogP contribution is 2.37. The summed E-state index contributed by atoms with van der Waals surface area (Å²) in [5, 5.41) is 15.1. The third-order valence-corrected chi connectivity index (χ3v) is 3.74. The Morgan fingerprint density at radius 3 is 2.75 bits per heavy atom. The number of hydrogen-bond donors (Lipinski definition) is 1. The number of nitro benzene ring substituents is 1. The van der Waals surface area contributed by atoms with Crippen LogP contribution in [0, 0.1) is 10.1 Å². The molecule has 10 heteroatoms. The summed E-state index contributed by atoms with van der Waals surface area (Å²) in [7, 11) is 1.31. The maximum absolute atomic E-state index is 12.2. The summed E-state index contributed by atoms with van der Waals surface area (Å²) < 4.78 is 11.8. The molecule has 1 amide bonds. The van der Waals surface area contributed by atoms with E-state index in [-0.39, 0.29) is 29.4 Å². The van der Waals surface area contributed by atoms with Gasteiger partial charge < -0.3 is 14.0 Å². The smallest absolute Gasteiger partial charge is 0.315 e. The maximum atomic E-state index is 12.2. The van der Waals surface area contributed by atoms with Crippen molar-refractivity contribution in [3.8, 4) is 11.5 Å². The molecule has 0 atom stereocenters. The number of nitrogens with zero attached hydrogens (tertiary/aromatic N) is 3. The molecule has 0 saturated carbocycles. The first-order chi connectivity index (χ1) is 13.4. The molecule has 1 aromatic carbocycles. The predicted octanol–water partition coefficient (Wildman–Crippen LogP) is 1.95. The van der Waals surface area contributed by atoms with Gasteiger partial charge in [0.25, 0.3) is 11.5 Å². The van der Waals surface area contributed by atoms with Crippen LogP contribution in [0.1, 0.15) is 29.8 Å². The Hall–Kier alpha value is -3.69. The highest BCUT2D eigenvalue weighted by atomic mass is 16.6. The Balaban J connectivity index is 2.28. The number of amides is 1. The van der Waals surface area contributed by atoms with Crippen molar-refractivity contribution in [2.45, 2.75) is 20.4 Å². The van der Waals surface area contributed by atoms with Gasteiger partial charge in [-0.1, -0.05) is 0 Å². The second-order valence-corrected chi connectivity index (χ2v) is 5.47. The van der Waals surface area contributed by atoms with Crippen LogP contribution in [0.3, 0.4) is 0 Å². The zero-order valence-electron chi connectivity index (χ0n) is 15.7. The number of hydrogen-bond acceptors (Lipinski definition) is 7. The quantitative estimate of drug-likeness (QED) is 0.419. The first kappa shape index (κ1) is 20.6. The highest BCUT2D eigenvalue weighted by molar-refractivity contribution is 5.94. The number of aromatic nitrogens is 1. The molecule has 1 aromatic heterocycles. The summed E-state index contributed by atoms with van der Waals surface area (Å²) in [5.41, 5.74) is 1.77. The molecule has 0 aliphatic rings. The molecule has 28 heavy (non-hydrogen) atoms. The summed E-state index contributed by atoms with van der Waals surface area (Å²) in [6, 6.07) is 5.72. The first-order valence-electron chi connectivity index (χ1n) is 8.44. The van der Waals surface area contributed by atoms with Gasteiger partial charge in [-0.3, -0.25) is 19.7 Å². The molecule has 0 bridgehead atoms. The van der Waals surface area contributed by atoms with Gasteiger partial charge in [-0.25, -0.2) is 5.43 Å². The summed E-state index contributed by atoms with van der Waals surface area (Å²) >= 11 is 0. The minimum atomic E-state index is -0.683. The van der Waals surface area contributed by atoms with Crippen LogP contribution in [-0.4, -0.2) is 35.3 Å². The van der Waals surface area contributed by atoms with Gasteiger partial charge in [0.1, 0.15) is 5.56 Å². The van der Waals surface area contributed by atoms with E-state index in [1.165, 1.54) is 36.1 Å². The first-order valence-corrected chi connectivity index (χ1v) is 8.44. The van der Waals surface area contributed by atoms with Gasteiger partial charge in [0.15, 0.2) is 5.75 Å². The van der Waals surface area contributed by atoms with Gasteiger partial charge in [-0.2, -0.15) is 5.10 Å². The van der Waals surface area contributed by atoms with Crippen molar-refractivity contribution in [3.05, 3.63) is 62.1 Å². The van der Waals surface area contributed by atoms with Gasteiger partial charge in [-0.15, -0.1) is 0 Å². The van der Waals surface area contributed by atoms with E-state index in [1.54, 1.807) is 26.1 Å². The molecule has 0 spiro atoms. The fraction of sp³-hybridized carbons (Fsp3) is 0.278. The number of nitrogens with one attached hydrogen (secondary N) is 1. The number of nitro groups is 1. The van der Waals surface area contributed by atoms with E-state index in [9.17, 15) is 19.7 Å². The predicted molar refractivity (Wildman–Crippen MR) is 102 cm³/mol. The SMILES string of the molecule is CCOc1cc(/C=N\NC(=O)c2cccn(CC)c2=O)cc([N+](=O)[O-])c1OC. The molecule has 148 valence electrons. The summed E-state index contributed by atoms with van der Waals surface area (Å²) in [5.74, 6) is -0.504. The van der Waals surface area contributed by atoms with Crippen molar-refractivity contribution >= 4 is 17.8 Å². The number of carbonyl (C=O) groups is 1. The van der Waals surface area contributed by atoms with Crippen LogP contribution in [0.15, 0.2) is 40.4 Å². The molecule has 0 saturated heterocycles. The zero-order chi connectivity index (χ0) is 20.7. The van der Waals surface area contributed by atoms with Crippen LogP contribution in [0.2, 0.25) is 0 Å². The normalized spacial score (nSPS) is 10.7. The molecule has 2 aromatic rings. The second-order valence-electron chi connectivity index (χ2n) is 5.47. The van der Waals surface area contributed by atoms with E-state index in [0.29, 0.717) is 12.1 Å². The van der Waals surface area contributed by atoms with Gasteiger partial charge in [0, 0.05) is 24.4 Å². The minimum Gasteiger partial charge on any atom is -0.490 e. The van der Waals surface area contributed by atoms with Crippen LogP contribution < -0.4 is 20.5 Å². The topological polar surface area (TPSA) is 125 Å². The van der Waals surface area contributed by atoms with Crippen molar-refractivity contribution in [2.75, 3.05) is 13.7 Å². The van der Waals surface area contributed by atoms with Gasteiger partial charge >= 0.3 is 5.69 Å². The van der Waals surface area contributed by atoms with E-state index in [2.05, 4.69) is 10.5 Å². The van der Waals surface area contributed by atoms with Crippen molar-refractivity contribution in [1.82, 2.24) is 9.99 Å². The van der Waals surface area contributed by atoms with Crippen molar-refractivity contribution in [2.24, 2.45) is 5.10 Å². The van der Waals surface area contributed by atoms with E-state index in [0.717, 1.165) is 0 Å². The van der Waals surface area contributed by atoms with Crippen molar-refractivity contribution < 1.29 is 19.2 Å². The number of hydrazone groups is 1.